The lowest BCUT2D eigenvalue weighted by Crippen LogP contribution is -2.41. The van der Waals surface area contributed by atoms with E-state index in [4.69, 9.17) is 9.84 Å². The average Bonchev–Trinajstić information content (AvgIpc) is 2.13. The summed E-state index contributed by atoms with van der Waals surface area (Å²) < 4.78 is 17.3. The van der Waals surface area contributed by atoms with E-state index in [1.165, 1.54) is 0 Å². The molecule has 0 saturated heterocycles. The number of aliphatic hydroxyl groups is 1. The number of amides is 1. The summed E-state index contributed by atoms with van der Waals surface area (Å²) in [6.07, 6.45) is -0.190. The van der Waals surface area contributed by atoms with E-state index >= 15 is 0 Å². The zero-order valence-electron chi connectivity index (χ0n) is 10.4. The Hall–Kier alpha value is -0.840. The van der Waals surface area contributed by atoms with Gasteiger partial charge in [-0.1, -0.05) is 6.92 Å². The summed E-state index contributed by atoms with van der Waals surface area (Å²) in [4.78, 5) is 11.4. The molecule has 0 aliphatic carbocycles. The number of alkyl halides is 1. The molecule has 1 amide bonds. The van der Waals surface area contributed by atoms with Crippen molar-refractivity contribution in [2.24, 2.45) is 5.92 Å². The van der Waals surface area contributed by atoms with Crippen molar-refractivity contribution in [2.75, 3.05) is 13.3 Å². The van der Waals surface area contributed by atoms with E-state index in [0.717, 1.165) is 0 Å². The minimum atomic E-state index is -0.586. The van der Waals surface area contributed by atoms with Gasteiger partial charge in [0.2, 0.25) is 0 Å². The maximum Gasteiger partial charge on any atom is 0.407 e. The third-order valence-corrected chi connectivity index (χ3v) is 1.89. The standard InChI is InChI=1S/C11H22FNO3/c1-8(6-12)5-9(7-14)13-10(15)16-11(2,3)4/h8-9,14H,5-7H2,1-4H3,(H,13,15). The molecule has 2 atom stereocenters. The predicted octanol–water partition coefficient (Wildman–Crippen LogP) is 1.87. The molecule has 0 aliphatic rings. The maximum absolute atomic E-state index is 12.3. The van der Waals surface area contributed by atoms with Gasteiger partial charge < -0.3 is 15.2 Å². The number of nitrogens with one attached hydrogen (secondary N) is 1. The fourth-order valence-electron chi connectivity index (χ4n) is 1.20. The van der Waals surface area contributed by atoms with E-state index in [1.807, 2.05) is 0 Å². The topological polar surface area (TPSA) is 58.6 Å². The first-order valence-electron chi connectivity index (χ1n) is 5.44. The second-order valence-electron chi connectivity index (χ2n) is 5.02. The van der Waals surface area contributed by atoms with Crippen molar-refractivity contribution in [3.8, 4) is 0 Å². The molecule has 0 rings (SSSR count). The molecule has 4 nitrogen and oxygen atoms in total. The van der Waals surface area contributed by atoms with Crippen molar-refractivity contribution in [1.82, 2.24) is 5.32 Å². The van der Waals surface area contributed by atoms with Gasteiger partial charge in [-0.3, -0.25) is 4.39 Å². The van der Waals surface area contributed by atoms with Crippen LogP contribution >= 0.6 is 0 Å². The Balaban J connectivity index is 4.07. The van der Waals surface area contributed by atoms with E-state index in [1.54, 1.807) is 27.7 Å². The summed E-state index contributed by atoms with van der Waals surface area (Å²) in [5.74, 6) is -0.188. The van der Waals surface area contributed by atoms with Crippen LogP contribution in [0.1, 0.15) is 34.1 Å². The van der Waals surface area contributed by atoms with E-state index in [9.17, 15) is 9.18 Å². The summed E-state index contributed by atoms with van der Waals surface area (Å²) >= 11 is 0. The van der Waals surface area contributed by atoms with Gasteiger partial charge in [-0.05, 0) is 33.1 Å². The molecule has 0 aliphatic heterocycles. The van der Waals surface area contributed by atoms with Crippen LogP contribution in [0.5, 0.6) is 0 Å². The number of carbonyl (C=O) groups is 1. The smallest absolute Gasteiger partial charge is 0.407 e. The number of carbonyl (C=O) groups excluding carboxylic acids is 1. The summed E-state index contributed by atoms with van der Waals surface area (Å²) in [7, 11) is 0. The molecule has 0 spiro atoms. The van der Waals surface area contributed by atoms with Crippen molar-refractivity contribution in [3.05, 3.63) is 0 Å². The molecule has 5 heteroatoms. The van der Waals surface area contributed by atoms with Gasteiger partial charge in [0.15, 0.2) is 0 Å². The Morgan fingerprint density at radius 2 is 2.06 bits per heavy atom. The zero-order valence-corrected chi connectivity index (χ0v) is 10.4. The Morgan fingerprint density at radius 1 is 1.50 bits per heavy atom. The molecule has 0 radical (unpaired) electrons. The van der Waals surface area contributed by atoms with Gasteiger partial charge in [0.1, 0.15) is 5.60 Å². The quantitative estimate of drug-likeness (QED) is 0.764. The minimum Gasteiger partial charge on any atom is -0.444 e. The average molecular weight is 235 g/mol. The van der Waals surface area contributed by atoms with Crippen LogP contribution < -0.4 is 5.32 Å². The van der Waals surface area contributed by atoms with Crippen molar-refractivity contribution in [2.45, 2.75) is 45.8 Å². The van der Waals surface area contributed by atoms with Crippen LogP contribution in [0.15, 0.2) is 0 Å². The SMILES string of the molecule is CC(CF)CC(CO)NC(=O)OC(C)(C)C. The molecule has 0 aromatic heterocycles. The first kappa shape index (κ1) is 15.2. The van der Waals surface area contributed by atoms with E-state index in [0.29, 0.717) is 6.42 Å². The molecule has 2 unspecified atom stereocenters. The molecule has 0 fully saturated rings. The number of aliphatic hydroxyl groups excluding tert-OH is 1. The van der Waals surface area contributed by atoms with Crippen LogP contribution in [0.4, 0.5) is 9.18 Å². The molecular formula is C11H22FNO3. The van der Waals surface area contributed by atoms with Crippen LogP contribution in [0, 0.1) is 5.92 Å². The number of hydrogen-bond donors (Lipinski definition) is 2. The Morgan fingerprint density at radius 3 is 2.44 bits per heavy atom. The molecule has 96 valence electrons. The number of alkyl carbamates (subject to hydrolysis) is 1. The highest BCUT2D eigenvalue weighted by Gasteiger charge is 2.20. The van der Waals surface area contributed by atoms with Crippen LogP contribution in [-0.4, -0.2) is 36.1 Å². The fraction of sp³-hybridized carbons (Fsp3) is 0.909. The lowest BCUT2D eigenvalue weighted by molar-refractivity contribution is 0.0471. The van der Waals surface area contributed by atoms with E-state index in [-0.39, 0.29) is 12.5 Å². The van der Waals surface area contributed by atoms with E-state index < -0.39 is 24.4 Å². The van der Waals surface area contributed by atoms with Crippen LogP contribution in [0.2, 0.25) is 0 Å². The monoisotopic (exact) mass is 235 g/mol. The third-order valence-electron chi connectivity index (χ3n) is 1.89. The highest BCUT2D eigenvalue weighted by molar-refractivity contribution is 5.68. The fourth-order valence-corrected chi connectivity index (χ4v) is 1.20. The Bertz CT molecular complexity index is 216. The van der Waals surface area contributed by atoms with Gasteiger partial charge in [-0.2, -0.15) is 0 Å². The van der Waals surface area contributed by atoms with Gasteiger partial charge in [0.25, 0.3) is 0 Å². The van der Waals surface area contributed by atoms with Crippen molar-refractivity contribution < 1.29 is 19.0 Å². The lowest BCUT2D eigenvalue weighted by atomic mass is 10.0. The van der Waals surface area contributed by atoms with Gasteiger partial charge in [-0.25, -0.2) is 4.79 Å². The summed E-state index contributed by atoms with van der Waals surface area (Å²) in [5.41, 5.74) is -0.574. The number of rotatable bonds is 5. The van der Waals surface area contributed by atoms with Gasteiger partial charge >= 0.3 is 6.09 Å². The van der Waals surface area contributed by atoms with Crippen molar-refractivity contribution in [3.63, 3.8) is 0 Å². The number of ether oxygens (including phenoxy) is 1. The minimum absolute atomic E-state index is 0.188. The summed E-state index contributed by atoms with van der Waals surface area (Å²) in [5, 5.41) is 11.5. The first-order valence-corrected chi connectivity index (χ1v) is 5.44. The Kier molecular flexibility index (Phi) is 6.33. The van der Waals surface area contributed by atoms with E-state index in [2.05, 4.69) is 5.32 Å². The highest BCUT2D eigenvalue weighted by Crippen LogP contribution is 2.09. The highest BCUT2D eigenvalue weighted by atomic mass is 19.1. The number of halogens is 1. The van der Waals surface area contributed by atoms with Crippen molar-refractivity contribution >= 4 is 6.09 Å². The zero-order chi connectivity index (χ0) is 12.8. The Labute approximate surface area is 96.2 Å². The first-order chi connectivity index (χ1) is 7.28. The second kappa shape index (κ2) is 6.68. The van der Waals surface area contributed by atoms with Gasteiger partial charge in [0, 0.05) is 0 Å². The van der Waals surface area contributed by atoms with Crippen LogP contribution in [-0.2, 0) is 4.74 Å². The van der Waals surface area contributed by atoms with Crippen molar-refractivity contribution in [1.29, 1.82) is 0 Å². The van der Waals surface area contributed by atoms with Gasteiger partial charge in [0.05, 0.1) is 19.3 Å². The normalized spacial score (nSPS) is 15.4. The molecule has 2 N–H and O–H groups in total. The summed E-state index contributed by atoms with van der Waals surface area (Å²) in [6, 6.07) is -0.458. The molecule has 0 aromatic rings. The molecule has 0 aromatic carbocycles. The van der Waals surface area contributed by atoms with Crippen LogP contribution in [0.3, 0.4) is 0 Å². The molecular weight excluding hydrogens is 213 g/mol. The largest absolute Gasteiger partial charge is 0.444 e. The number of hydrogen-bond acceptors (Lipinski definition) is 3. The molecule has 0 bridgehead atoms. The summed E-state index contributed by atoms with van der Waals surface area (Å²) in [6.45, 7) is 6.30. The third kappa shape index (κ3) is 7.45. The maximum atomic E-state index is 12.3. The lowest BCUT2D eigenvalue weighted by Gasteiger charge is -2.23. The van der Waals surface area contributed by atoms with Crippen LogP contribution in [0.25, 0.3) is 0 Å². The molecule has 0 saturated carbocycles. The predicted molar refractivity (Wildman–Crippen MR) is 60.0 cm³/mol. The van der Waals surface area contributed by atoms with Gasteiger partial charge in [-0.15, -0.1) is 0 Å². The molecule has 0 heterocycles. The molecule has 16 heavy (non-hydrogen) atoms. The second-order valence-corrected chi connectivity index (χ2v) is 5.02.